The van der Waals surface area contributed by atoms with Gasteiger partial charge >= 0.3 is 0 Å². The van der Waals surface area contributed by atoms with Crippen molar-refractivity contribution in [1.82, 2.24) is 9.37 Å². The molecule has 10 heteroatoms. The Hall–Kier alpha value is -2.82. The highest BCUT2D eigenvalue weighted by atomic mass is 32.2. The summed E-state index contributed by atoms with van der Waals surface area (Å²) in [5.74, 6) is -1.30. The number of carbonyl (C=O) groups excluding carboxylic acids is 1. The maximum Gasteiger partial charge on any atom is 0.289 e. The summed E-state index contributed by atoms with van der Waals surface area (Å²) in [6.45, 7) is 4.94. The molecule has 0 fully saturated rings. The maximum absolute atomic E-state index is 13.7. The van der Waals surface area contributed by atoms with Crippen molar-refractivity contribution in [3.05, 3.63) is 70.3 Å². The Morgan fingerprint density at radius 1 is 1.10 bits per heavy atom. The lowest BCUT2D eigenvalue weighted by Crippen LogP contribution is -2.52. The van der Waals surface area contributed by atoms with Crippen molar-refractivity contribution in [3.8, 4) is 0 Å². The van der Waals surface area contributed by atoms with E-state index in [-0.39, 0.29) is 13.1 Å². The molecule has 0 aliphatic carbocycles. The first kappa shape index (κ1) is 24.4. The molecule has 0 aliphatic rings. The van der Waals surface area contributed by atoms with Crippen LogP contribution in [0.15, 0.2) is 59.5 Å². The molecule has 0 saturated carbocycles. The average Bonchev–Trinajstić information content (AvgIpc) is 2.73. The number of hydrogen-bond acceptors (Lipinski definition) is 6. The van der Waals surface area contributed by atoms with Crippen LogP contribution in [0.5, 0.6) is 0 Å². The monoisotopic (exact) mass is 449 g/mol. The summed E-state index contributed by atoms with van der Waals surface area (Å²) < 4.78 is 28.3. The average molecular weight is 450 g/mol. The summed E-state index contributed by atoms with van der Waals surface area (Å²) in [5.41, 5.74) is 0.0213. The molecule has 0 bridgehead atoms. The fraction of sp³-hybridized carbons (Fsp3) is 0.381. The second-order valence-electron chi connectivity index (χ2n) is 7.41. The van der Waals surface area contributed by atoms with Crippen LogP contribution in [0, 0.1) is 16.0 Å². The van der Waals surface area contributed by atoms with Gasteiger partial charge in [-0.15, -0.1) is 0 Å². The van der Waals surface area contributed by atoms with Crippen molar-refractivity contribution >= 4 is 21.6 Å². The van der Waals surface area contributed by atoms with Crippen LogP contribution in [0.3, 0.4) is 0 Å². The number of para-hydroxylation sites is 1. The Balaban J connectivity index is 2.66. The summed E-state index contributed by atoms with van der Waals surface area (Å²) in [7, 11) is -4.48. The number of nitrogens with zero attached hydrogens (tertiary/aromatic N) is 3. The fourth-order valence-corrected chi connectivity index (χ4v) is 5.13. The summed E-state index contributed by atoms with van der Waals surface area (Å²) in [6.07, 6.45) is 0.475. The number of rotatable bonds is 10. The van der Waals surface area contributed by atoms with Gasteiger partial charge in [0.05, 0.1) is 4.92 Å². The molecule has 0 aromatic heterocycles. The maximum atomic E-state index is 13.7. The van der Waals surface area contributed by atoms with E-state index in [4.69, 9.17) is 0 Å². The zero-order chi connectivity index (χ0) is 23.2. The number of hydrogen-bond donors (Lipinski definition) is 1. The quantitative estimate of drug-likeness (QED) is 0.337. The van der Waals surface area contributed by atoms with Gasteiger partial charge in [-0.3, -0.25) is 20.1 Å². The number of benzene rings is 2. The van der Waals surface area contributed by atoms with E-state index in [0.717, 1.165) is 16.4 Å². The molecule has 0 heterocycles. The summed E-state index contributed by atoms with van der Waals surface area (Å²) in [5, 5.41) is 22.2. The Morgan fingerprint density at radius 3 is 2.23 bits per heavy atom. The minimum Gasteiger partial charge on any atom is -0.286 e. The first-order chi connectivity index (χ1) is 14.6. The topological polar surface area (TPSA) is 121 Å². The van der Waals surface area contributed by atoms with E-state index in [0.29, 0.717) is 17.0 Å². The van der Waals surface area contributed by atoms with Crippen LogP contribution in [0.2, 0.25) is 0 Å². The number of nitro benzene ring substituents is 1. The van der Waals surface area contributed by atoms with E-state index in [1.54, 1.807) is 51.1 Å². The molecule has 0 radical (unpaired) electrons. The Kier molecular flexibility index (Phi) is 8.26. The van der Waals surface area contributed by atoms with E-state index in [1.807, 2.05) is 0 Å². The van der Waals surface area contributed by atoms with Crippen LogP contribution in [-0.2, 0) is 21.4 Å². The molecular weight excluding hydrogens is 422 g/mol. The van der Waals surface area contributed by atoms with Crippen LogP contribution in [0.1, 0.15) is 32.8 Å². The SMILES string of the molecule is CCCN(O)C(=O)C(C(C)C)N(Cc1ccccc1)S(=O)(=O)c1ccccc1[N+](=O)[O-]. The molecule has 168 valence electrons. The molecule has 2 aromatic carbocycles. The molecule has 0 spiro atoms. The van der Waals surface area contributed by atoms with Gasteiger partial charge in [-0.25, -0.2) is 13.5 Å². The van der Waals surface area contributed by atoms with Crippen LogP contribution in [0.25, 0.3) is 0 Å². The first-order valence-corrected chi connectivity index (χ1v) is 11.3. The van der Waals surface area contributed by atoms with Gasteiger partial charge in [0.1, 0.15) is 6.04 Å². The van der Waals surface area contributed by atoms with Gasteiger partial charge in [-0.1, -0.05) is 63.2 Å². The molecule has 1 amide bonds. The molecule has 2 rings (SSSR count). The van der Waals surface area contributed by atoms with Gasteiger partial charge in [0.15, 0.2) is 4.90 Å². The minimum atomic E-state index is -4.48. The zero-order valence-corrected chi connectivity index (χ0v) is 18.5. The second-order valence-corrected chi connectivity index (χ2v) is 9.27. The third kappa shape index (κ3) is 5.66. The van der Waals surface area contributed by atoms with E-state index >= 15 is 0 Å². The highest BCUT2D eigenvalue weighted by Gasteiger charge is 2.42. The number of carbonyl (C=O) groups is 1. The van der Waals surface area contributed by atoms with E-state index in [1.165, 1.54) is 12.1 Å². The predicted molar refractivity (Wildman–Crippen MR) is 115 cm³/mol. The van der Waals surface area contributed by atoms with Crippen molar-refractivity contribution in [2.75, 3.05) is 6.54 Å². The van der Waals surface area contributed by atoms with E-state index in [2.05, 4.69) is 0 Å². The second kappa shape index (κ2) is 10.5. The molecule has 0 aliphatic heterocycles. The van der Waals surface area contributed by atoms with Crippen molar-refractivity contribution in [1.29, 1.82) is 0 Å². The number of hydroxylamine groups is 2. The molecule has 2 aromatic rings. The van der Waals surface area contributed by atoms with Crippen molar-refractivity contribution in [2.24, 2.45) is 5.92 Å². The molecule has 1 N–H and O–H groups in total. The highest BCUT2D eigenvalue weighted by molar-refractivity contribution is 7.89. The third-order valence-corrected chi connectivity index (χ3v) is 6.59. The van der Waals surface area contributed by atoms with Crippen LogP contribution < -0.4 is 0 Å². The van der Waals surface area contributed by atoms with E-state index < -0.39 is 43.4 Å². The first-order valence-electron chi connectivity index (χ1n) is 9.90. The molecule has 1 atom stereocenters. The normalized spacial score (nSPS) is 12.7. The van der Waals surface area contributed by atoms with Crippen molar-refractivity contribution in [3.63, 3.8) is 0 Å². The standard InChI is InChI=1S/C21H27N3O6S/c1-4-14-22(26)21(25)20(16(2)3)23(15-17-10-6-5-7-11-17)31(29,30)19-13-9-8-12-18(19)24(27)28/h5-13,16,20,26H,4,14-15H2,1-3H3. The zero-order valence-electron chi connectivity index (χ0n) is 17.7. The number of sulfonamides is 1. The van der Waals surface area contributed by atoms with E-state index in [9.17, 15) is 28.5 Å². The molecule has 1 unspecified atom stereocenters. The summed E-state index contributed by atoms with van der Waals surface area (Å²) >= 11 is 0. The molecule has 0 saturated heterocycles. The lowest BCUT2D eigenvalue weighted by molar-refractivity contribution is -0.387. The smallest absolute Gasteiger partial charge is 0.286 e. The Morgan fingerprint density at radius 2 is 1.68 bits per heavy atom. The number of amides is 1. The van der Waals surface area contributed by atoms with Crippen LogP contribution >= 0.6 is 0 Å². The lowest BCUT2D eigenvalue weighted by atomic mass is 10.0. The third-order valence-electron chi connectivity index (χ3n) is 4.71. The van der Waals surface area contributed by atoms with Gasteiger partial charge in [0.25, 0.3) is 21.6 Å². The van der Waals surface area contributed by atoms with Crippen molar-refractivity contribution in [2.45, 2.75) is 44.7 Å². The minimum absolute atomic E-state index is 0.0345. The van der Waals surface area contributed by atoms with Gasteiger partial charge in [0, 0.05) is 19.2 Å². The molecule has 31 heavy (non-hydrogen) atoms. The van der Waals surface area contributed by atoms with Crippen molar-refractivity contribution < 1.29 is 23.3 Å². The predicted octanol–water partition coefficient (Wildman–Crippen LogP) is 3.44. The van der Waals surface area contributed by atoms with Crippen LogP contribution in [-0.4, -0.2) is 46.4 Å². The summed E-state index contributed by atoms with van der Waals surface area (Å²) in [6, 6.07) is 12.4. The van der Waals surface area contributed by atoms with Crippen LogP contribution in [0.4, 0.5) is 5.69 Å². The number of nitro groups is 1. The largest absolute Gasteiger partial charge is 0.289 e. The fourth-order valence-electron chi connectivity index (χ4n) is 3.26. The summed E-state index contributed by atoms with van der Waals surface area (Å²) in [4.78, 5) is 23.3. The lowest BCUT2D eigenvalue weighted by Gasteiger charge is -2.34. The highest BCUT2D eigenvalue weighted by Crippen LogP contribution is 2.31. The van der Waals surface area contributed by atoms with Gasteiger partial charge in [-0.05, 0) is 24.0 Å². The Bertz CT molecular complexity index is 1010. The Labute approximate surface area is 182 Å². The van der Waals surface area contributed by atoms with Gasteiger partial charge in [0.2, 0.25) is 0 Å². The van der Waals surface area contributed by atoms with Gasteiger partial charge in [-0.2, -0.15) is 4.31 Å². The molecule has 9 nitrogen and oxygen atoms in total. The van der Waals surface area contributed by atoms with Gasteiger partial charge < -0.3 is 0 Å². The molecular formula is C21H27N3O6S.